The molecule has 0 saturated carbocycles. The van der Waals surface area contributed by atoms with Gasteiger partial charge in [-0.1, -0.05) is 6.07 Å². The number of furan rings is 1. The summed E-state index contributed by atoms with van der Waals surface area (Å²) in [7, 11) is 3.07. The molecule has 0 saturated heterocycles. The number of benzene rings is 1. The second-order valence-corrected chi connectivity index (χ2v) is 6.20. The van der Waals surface area contributed by atoms with Gasteiger partial charge in [0.1, 0.15) is 22.1 Å². The first-order valence-electron chi connectivity index (χ1n) is 8.75. The Morgan fingerprint density at radius 1 is 1.17 bits per heavy atom. The van der Waals surface area contributed by atoms with Crippen molar-refractivity contribution in [3.63, 3.8) is 0 Å². The molecule has 0 aliphatic carbocycles. The topological polar surface area (TPSA) is 121 Å². The zero-order chi connectivity index (χ0) is 21.3. The quantitative estimate of drug-likeness (QED) is 0.381. The largest absolute Gasteiger partial charge is 0.497 e. The van der Waals surface area contributed by atoms with Gasteiger partial charge in [-0.2, -0.15) is 0 Å². The average Bonchev–Trinajstić information content (AvgIpc) is 3.41. The fourth-order valence-corrected chi connectivity index (χ4v) is 2.99. The Bertz CT molecular complexity index is 1260. The first-order chi connectivity index (χ1) is 14.5. The standard InChI is InChI=1S/C20H16N4O6/c1-28-13-7-8-23-15(11-21-18(23)10-13)12-3-4-14(17(9-12)29-2)22-20(25)16-5-6-19(30-16)24(26)27/h3-11H,1-2H3,(H,22,25). The van der Waals surface area contributed by atoms with Crippen molar-refractivity contribution in [2.75, 3.05) is 19.5 Å². The van der Waals surface area contributed by atoms with Crippen LogP contribution in [0.15, 0.2) is 59.3 Å². The zero-order valence-electron chi connectivity index (χ0n) is 16.0. The number of amides is 1. The van der Waals surface area contributed by atoms with Crippen molar-refractivity contribution in [2.45, 2.75) is 0 Å². The molecule has 0 aliphatic heterocycles. The van der Waals surface area contributed by atoms with Gasteiger partial charge in [-0.15, -0.1) is 0 Å². The molecule has 10 nitrogen and oxygen atoms in total. The van der Waals surface area contributed by atoms with E-state index < -0.39 is 16.7 Å². The van der Waals surface area contributed by atoms with E-state index >= 15 is 0 Å². The predicted molar refractivity (Wildman–Crippen MR) is 107 cm³/mol. The van der Waals surface area contributed by atoms with Gasteiger partial charge >= 0.3 is 5.88 Å². The number of carbonyl (C=O) groups excluding carboxylic acids is 1. The Morgan fingerprint density at radius 2 is 2.00 bits per heavy atom. The highest BCUT2D eigenvalue weighted by Crippen LogP contribution is 2.32. The molecule has 0 atom stereocenters. The van der Waals surface area contributed by atoms with Crippen molar-refractivity contribution in [3.8, 4) is 22.8 Å². The van der Waals surface area contributed by atoms with Gasteiger partial charge in [-0.05, 0) is 24.3 Å². The lowest BCUT2D eigenvalue weighted by Crippen LogP contribution is -2.11. The van der Waals surface area contributed by atoms with Gasteiger partial charge in [0.2, 0.25) is 0 Å². The van der Waals surface area contributed by atoms with Gasteiger partial charge in [0.25, 0.3) is 5.91 Å². The molecule has 152 valence electrons. The van der Waals surface area contributed by atoms with E-state index in [0.29, 0.717) is 17.2 Å². The molecule has 4 rings (SSSR count). The Hall–Kier alpha value is -4.34. The molecule has 30 heavy (non-hydrogen) atoms. The zero-order valence-corrected chi connectivity index (χ0v) is 16.0. The third kappa shape index (κ3) is 3.41. The number of imidazole rings is 1. The number of aromatic nitrogens is 2. The summed E-state index contributed by atoms with van der Waals surface area (Å²) >= 11 is 0. The maximum absolute atomic E-state index is 12.4. The second-order valence-electron chi connectivity index (χ2n) is 6.20. The summed E-state index contributed by atoms with van der Waals surface area (Å²) < 4.78 is 17.5. The minimum atomic E-state index is -0.711. The van der Waals surface area contributed by atoms with E-state index in [4.69, 9.17) is 13.9 Å². The molecular weight excluding hydrogens is 392 g/mol. The molecule has 0 fully saturated rings. The molecule has 1 aromatic carbocycles. The van der Waals surface area contributed by atoms with Gasteiger partial charge in [-0.3, -0.25) is 19.3 Å². The van der Waals surface area contributed by atoms with Crippen LogP contribution in [0.25, 0.3) is 16.9 Å². The number of hydrogen-bond acceptors (Lipinski definition) is 7. The SMILES string of the molecule is COc1ccn2c(-c3ccc(NC(=O)c4ccc([N+](=O)[O-])o4)c(OC)c3)cnc2c1. The second kappa shape index (κ2) is 7.59. The minimum Gasteiger partial charge on any atom is -0.497 e. The predicted octanol–water partition coefficient (Wildman–Crippen LogP) is 3.77. The van der Waals surface area contributed by atoms with E-state index in [-0.39, 0.29) is 5.76 Å². The Morgan fingerprint density at radius 3 is 2.70 bits per heavy atom. The summed E-state index contributed by atoms with van der Waals surface area (Å²) in [6.07, 6.45) is 3.58. The Balaban J connectivity index is 1.63. The van der Waals surface area contributed by atoms with Gasteiger partial charge in [0, 0.05) is 17.8 Å². The summed E-state index contributed by atoms with van der Waals surface area (Å²) in [6, 6.07) is 11.2. The van der Waals surface area contributed by atoms with Crippen LogP contribution in [0.1, 0.15) is 10.6 Å². The third-order valence-electron chi connectivity index (χ3n) is 4.46. The highest BCUT2D eigenvalue weighted by molar-refractivity contribution is 6.03. The van der Waals surface area contributed by atoms with Crippen LogP contribution in [0.3, 0.4) is 0 Å². The molecule has 1 amide bonds. The monoisotopic (exact) mass is 408 g/mol. The third-order valence-corrected chi connectivity index (χ3v) is 4.46. The molecule has 3 heterocycles. The van der Waals surface area contributed by atoms with Gasteiger partial charge in [-0.25, -0.2) is 4.98 Å². The van der Waals surface area contributed by atoms with Crippen molar-refractivity contribution in [2.24, 2.45) is 0 Å². The van der Waals surface area contributed by atoms with Gasteiger partial charge in [0.15, 0.2) is 5.76 Å². The highest BCUT2D eigenvalue weighted by atomic mass is 16.6. The molecule has 10 heteroatoms. The maximum atomic E-state index is 12.4. The van der Waals surface area contributed by atoms with Crippen LogP contribution < -0.4 is 14.8 Å². The summed E-state index contributed by atoms with van der Waals surface area (Å²) in [5, 5.41) is 13.4. The molecular formula is C20H16N4O6. The molecule has 0 bridgehead atoms. The average molecular weight is 408 g/mol. The first kappa shape index (κ1) is 19.0. The van der Waals surface area contributed by atoms with E-state index in [1.807, 2.05) is 22.7 Å². The van der Waals surface area contributed by atoms with E-state index in [1.165, 1.54) is 13.2 Å². The summed E-state index contributed by atoms with van der Waals surface area (Å²) in [5.74, 6) is -0.204. The van der Waals surface area contributed by atoms with Crippen molar-refractivity contribution in [1.29, 1.82) is 0 Å². The van der Waals surface area contributed by atoms with Crippen molar-refractivity contribution in [1.82, 2.24) is 9.38 Å². The molecule has 0 aliphatic rings. The number of nitrogens with zero attached hydrogens (tertiary/aromatic N) is 3. The molecule has 0 spiro atoms. The molecule has 0 unspecified atom stereocenters. The Kier molecular flexibility index (Phi) is 4.80. The van der Waals surface area contributed by atoms with Crippen LogP contribution in [0, 0.1) is 10.1 Å². The number of nitrogens with one attached hydrogen (secondary N) is 1. The van der Waals surface area contributed by atoms with E-state index in [2.05, 4.69) is 10.3 Å². The van der Waals surface area contributed by atoms with E-state index in [0.717, 1.165) is 23.0 Å². The fourth-order valence-electron chi connectivity index (χ4n) is 2.99. The highest BCUT2D eigenvalue weighted by Gasteiger charge is 2.19. The molecule has 3 aromatic heterocycles. The summed E-state index contributed by atoms with van der Waals surface area (Å²) in [5.41, 5.74) is 2.75. The minimum absolute atomic E-state index is 0.177. The number of rotatable bonds is 6. The lowest BCUT2D eigenvalue weighted by molar-refractivity contribution is -0.402. The lowest BCUT2D eigenvalue weighted by atomic mass is 10.1. The maximum Gasteiger partial charge on any atom is 0.433 e. The normalized spacial score (nSPS) is 10.7. The van der Waals surface area contributed by atoms with Crippen LogP contribution in [-0.4, -0.2) is 34.4 Å². The number of hydrogen-bond donors (Lipinski definition) is 1. The first-order valence-corrected chi connectivity index (χ1v) is 8.75. The van der Waals surface area contributed by atoms with E-state index in [9.17, 15) is 14.9 Å². The number of carbonyl (C=O) groups is 1. The Labute approximate surface area is 169 Å². The number of anilines is 1. The van der Waals surface area contributed by atoms with E-state index in [1.54, 1.807) is 31.5 Å². The van der Waals surface area contributed by atoms with Crippen molar-refractivity contribution in [3.05, 3.63) is 70.7 Å². The van der Waals surface area contributed by atoms with Gasteiger partial charge < -0.3 is 19.2 Å². The summed E-state index contributed by atoms with van der Waals surface area (Å²) in [4.78, 5) is 26.8. The lowest BCUT2D eigenvalue weighted by Gasteiger charge is -2.11. The number of methoxy groups -OCH3 is 2. The van der Waals surface area contributed by atoms with Crippen LogP contribution in [0.5, 0.6) is 11.5 Å². The van der Waals surface area contributed by atoms with Gasteiger partial charge in [0.05, 0.1) is 37.9 Å². The van der Waals surface area contributed by atoms with Crippen LogP contribution >= 0.6 is 0 Å². The molecule has 1 N–H and O–H groups in total. The number of pyridine rings is 1. The molecule has 4 aromatic rings. The van der Waals surface area contributed by atoms with Crippen molar-refractivity contribution >= 4 is 23.1 Å². The van der Waals surface area contributed by atoms with Crippen LogP contribution in [-0.2, 0) is 0 Å². The fraction of sp³-hybridized carbons (Fsp3) is 0.100. The van der Waals surface area contributed by atoms with Crippen LogP contribution in [0.2, 0.25) is 0 Å². The number of nitro groups is 1. The smallest absolute Gasteiger partial charge is 0.433 e. The molecule has 0 radical (unpaired) electrons. The summed E-state index contributed by atoms with van der Waals surface area (Å²) in [6.45, 7) is 0. The number of ether oxygens (including phenoxy) is 2. The van der Waals surface area contributed by atoms with Crippen LogP contribution in [0.4, 0.5) is 11.6 Å². The number of fused-ring (bicyclic) bond motifs is 1. The van der Waals surface area contributed by atoms with Crippen molar-refractivity contribution < 1.29 is 23.6 Å².